The molecule has 0 bridgehead atoms. The predicted molar refractivity (Wildman–Crippen MR) is 115 cm³/mol. The molecule has 8 nitrogen and oxygen atoms in total. The van der Waals surface area contributed by atoms with E-state index in [0.717, 1.165) is 4.90 Å². The summed E-state index contributed by atoms with van der Waals surface area (Å²) in [6.07, 6.45) is 0. The summed E-state index contributed by atoms with van der Waals surface area (Å²) in [5.41, 5.74) is 1.63. The molecular weight excluding hydrogens is 418 g/mol. The largest absolute Gasteiger partial charge is 0.322 e. The van der Waals surface area contributed by atoms with Crippen LogP contribution in [0.5, 0.6) is 0 Å². The van der Waals surface area contributed by atoms with Gasteiger partial charge >= 0.3 is 0 Å². The van der Waals surface area contributed by atoms with Crippen LogP contribution in [-0.4, -0.2) is 33.2 Å². The van der Waals surface area contributed by atoms with Crippen molar-refractivity contribution >= 4 is 39.1 Å². The fraction of sp³-hybridized carbons (Fsp3) is 0.0455. The number of nitrogens with one attached hydrogen (secondary N) is 2. The third kappa shape index (κ3) is 3.72. The average molecular weight is 435 g/mol. The molecule has 0 aromatic heterocycles. The molecule has 0 aliphatic carbocycles. The number of amides is 3. The number of anilines is 2. The number of benzene rings is 3. The Bertz CT molecular complexity index is 1280. The Morgan fingerprint density at radius 1 is 0.839 bits per heavy atom. The number of imide groups is 1. The highest BCUT2D eigenvalue weighted by molar-refractivity contribution is 7.89. The molecule has 3 aromatic carbocycles. The molecule has 156 valence electrons. The average Bonchev–Trinajstić information content (AvgIpc) is 3.04. The van der Waals surface area contributed by atoms with Crippen LogP contribution in [0.15, 0.2) is 77.7 Å². The molecular formula is C22H17N3O5S. The van der Waals surface area contributed by atoms with E-state index in [1.54, 1.807) is 42.5 Å². The number of carbonyl (C=O) groups is 3. The fourth-order valence-electron chi connectivity index (χ4n) is 3.25. The van der Waals surface area contributed by atoms with Crippen LogP contribution in [0.1, 0.15) is 31.1 Å². The van der Waals surface area contributed by atoms with E-state index >= 15 is 0 Å². The van der Waals surface area contributed by atoms with Gasteiger partial charge in [-0.25, -0.2) is 18.0 Å². The molecule has 0 unspecified atom stereocenters. The Kier molecular flexibility index (Phi) is 5.14. The van der Waals surface area contributed by atoms with Crippen molar-refractivity contribution in [2.45, 2.75) is 4.90 Å². The van der Waals surface area contributed by atoms with E-state index < -0.39 is 27.7 Å². The Balaban J connectivity index is 1.55. The molecule has 1 aliphatic heterocycles. The molecule has 0 radical (unpaired) electrons. The maximum atomic E-state index is 12.7. The van der Waals surface area contributed by atoms with Gasteiger partial charge in [-0.1, -0.05) is 18.2 Å². The lowest BCUT2D eigenvalue weighted by atomic mass is 10.1. The lowest BCUT2D eigenvalue weighted by molar-refractivity contribution is 0.0925. The van der Waals surface area contributed by atoms with Gasteiger partial charge in [0.15, 0.2) is 0 Å². The van der Waals surface area contributed by atoms with Crippen molar-refractivity contribution in [1.29, 1.82) is 0 Å². The third-order valence-electron chi connectivity index (χ3n) is 4.85. The van der Waals surface area contributed by atoms with Gasteiger partial charge in [0.25, 0.3) is 17.7 Å². The van der Waals surface area contributed by atoms with E-state index in [1.807, 2.05) is 0 Å². The summed E-state index contributed by atoms with van der Waals surface area (Å²) in [5, 5.41) is 2.69. The van der Waals surface area contributed by atoms with Gasteiger partial charge in [-0.05, 0) is 61.6 Å². The van der Waals surface area contributed by atoms with Gasteiger partial charge in [0.1, 0.15) is 0 Å². The number of rotatable bonds is 5. The minimum atomic E-state index is -3.60. The molecule has 1 heterocycles. The van der Waals surface area contributed by atoms with Crippen molar-refractivity contribution in [2.24, 2.45) is 0 Å². The van der Waals surface area contributed by atoms with Gasteiger partial charge < -0.3 is 5.32 Å². The van der Waals surface area contributed by atoms with Crippen molar-refractivity contribution in [3.05, 3.63) is 89.5 Å². The highest BCUT2D eigenvalue weighted by atomic mass is 32.2. The van der Waals surface area contributed by atoms with Crippen LogP contribution in [0, 0.1) is 0 Å². The Morgan fingerprint density at radius 3 is 2.03 bits per heavy atom. The minimum absolute atomic E-state index is 0.0409. The van der Waals surface area contributed by atoms with E-state index in [4.69, 9.17) is 0 Å². The van der Waals surface area contributed by atoms with Crippen LogP contribution in [0.2, 0.25) is 0 Å². The highest BCUT2D eigenvalue weighted by Gasteiger charge is 2.36. The summed E-state index contributed by atoms with van der Waals surface area (Å²) in [7, 11) is -2.30. The van der Waals surface area contributed by atoms with Gasteiger partial charge in [0.2, 0.25) is 10.0 Å². The maximum absolute atomic E-state index is 12.7. The van der Waals surface area contributed by atoms with E-state index in [2.05, 4.69) is 10.0 Å². The van der Waals surface area contributed by atoms with Crippen LogP contribution >= 0.6 is 0 Å². The number of nitrogens with zero attached hydrogens (tertiary/aromatic N) is 1. The monoisotopic (exact) mass is 435 g/mol. The van der Waals surface area contributed by atoms with E-state index in [0.29, 0.717) is 22.5 Å². The van der Waals surface area contributed by atoms with Gasteiger partial charge in [-0.2, -0.15) is 0 Å². The normalized spacial score (nSPS) is 13.3. The van der Waals surface area contributed by atoms with Crippen LogP contribution in [0.4, 0.5) is 11.4 Å². The number of carbonyl (C=O) groups excluding carboxylic acids is 3. The SMILES string of the molecule is CNS(=O)(=O)c1ccc(C(=O)Nc2cccc(N3C(=O)c4ccccc4C3=O)c2)cc1. The molecule has 0 saturated carbocycles. The lowest BCUT2D eigenvalue weighted by Gasteiger charge is -2.15. The summed E-state index contributed by atoms with van der Waals surface area (Å²) in [6.45, 7) is 0. The zero-order chi connectivity index (χ0) is 22.2. The Hall–Kier alpha value is -3.82. The van der Waals surface area contributed by atoms with Crippen LogP contribution < -0.4 is 14.9 Å². The van der Waals surface area contributed by atoms with Gasteiger partial charge in [-0.3, -0.25) is 14.4 Å². The molecule has 1 aliphatic rings. The van der Waals surface area contributed by atoms with Gasteiger partial charge in [0, 0.05) is 11.3 Å². The van der Waals surface area contributed by atoms with E-state index in [9.17, 15) is 22.8 Å². The molecule has 3 aromatic rings. The number of hydrogen-bond acceptors (Lipinski definition) is 5. The molecule has 0 spiro atoms. The van der Waals surface area contributed by atoms with Crippen LogP contribution in [0.3, 0.4) is 0 Å². The third-order valence-corrected chi connectivity index (χ3v) is 6.28. The molecule has 0 atom stereocenters. The molecule has 0 fully saturated rings. The highest BCUT2D eigenvalue weighted by Crippen LogP contribution is 2.29. The molecule has 31 heavy (non-hydrogen) atoms. The lowest BCUT2D eigenvalue weighted by Crippen LogP contribution is -2.29. The van der Waals surface area contributed by atoms with Crippen LogP contribution in [0.25, 0.3) is 0 Å². The van der Waals surface area contributed by atoms with Crippen molar-refractivity contribution in [3.8, 4) is 0 Å². The zero-order valence-corrected chi connectivity index (χ0v) is 17.1. The van der Waals surface area contributed by atoms with Gasteiger partial charge in [-0.15, -0.1) is 0 Å². The summed E-state index contributed by atoms with van der Waals surface area (Å²) in [4.78, 5) is 39.0. The van der Waals surface area contributed by atoms with Crippen LogP contribution in [-0.2, 0) is 10.0 Å². The second-order valence-corrected chi connectivity index (χ2v) is 8.61. The topological polar surface area (TPSA) is 113 Å². The Morgan fingerprint density at radius 2 is 1.45 bits per heavy atom. The quantitative estimate of drug-likeness (QED) is 0.599. The first-order valence-corrected chi connectivity index (χ1v) is 10.7. The van der Waals surface area contributed by atoms with Crippen molar-refractivity contribution in [2.75, 3.05) is 17.3 Å². The summed E-state index contributed by atoms with van der Waals surface area (Å²) < 4.78 is 25.8. The first kappa shape index (κ1) is 20.5. The smallest absolute Gasteiger partial charge is 0.266 e. The van der Waals surface area contributed by atoms with Crippen molar-refractivity contribution in [3.63, 3.8) is 0 Å². The zero-order valence-electron chi connectivity index (χ0n) is 16.3. The molecule has 4 rings (SSSR count). The maximum Gasteiger partial charge on any atom is 0.266 e. The molecule has 3 amide bonds. The molecule has 0 saturated heterocycles. The number of sulfonamides is 1. The number of fused-ring (bicyclic) bond motifs is 1. The first-order valence-electron chi connectivity index (χ1n) is 9.24. The second kappa shape index (κ2) is 7.78. The predicted octanol–water partition coefficient (Wildman–Crippen LogP) is 2.65. The summed E-state index contributed by atoms with van der Waals surface area (Å²) in [6, 6.07) is 18.4. The van der Waals surface area contributed by atoms with E-state index in [1.165, 1.54) is 37.4 Å². The summed E-state index contributed by atoms with van der Waals surface area (Å²) >= 11 is 0. The summed E-state index contributed by atoms with van der Waals surface area (Å²) in [5.74, 6) is -1.32. The first-order chi connectivity index (χ1) is 14.8. The van der Waals surface area contributed by atoms with E-state index in [-0.39, 0.29) is 10.5 Å². The molecule has 2 N–H and O–H groups in total. The second-order valence-electron chi connectivity index (χ2n) is 6.73. The minimum Gasteiger partial charge on any atom is -0.322 e. The van der Waals surface area contributed by atoms with Crippen molar-refractivity contribution in [1.82, 2.24) is 4.72 Å². The van der Waals surface area contributed by atoms with Crippen molar-refractivity contribution < 1.29 is 22.8 Å². The van der Waals surface area contributed by atoms with Gasteiger partial charge in [0.05, 0.1) is 21.7 Å². The standard InChI is InChI=1S/C22H17N3O5S/c1-23-31(29,30)17-11-9-14(10-12-17)20(26)24-15-5-4-6-16(13-15)25-21(27)18-7-2-3-8-19(18)22(25)28/h2-13,23H,1H3,(H,24,26). The number of hydrogen-bond donors (Lipinski definition) is 2. The fourth-order valence-corrected chi connectivity index (χ4v) is 3.98. The Labute approximate surface area is 178 Å². The molecule has 9 heteroatoms.